The van der Waals surface area contributed by atoms with Crippen molar-refractivity contribution in [2.75, 3.05) is 32.6 Å². The summed E-state index contributed by atoms with van der Waals surface area (Å²) in [7, 11) is 2.94. The maximum Gasteiger partial charge on any atom is 0.269 e. The van der Waals surface area contributed by atoms with Crippen LogP contribution in [0.2, 0.25) is 10.0 Å². The second kappa shape index (κ2) is 13.8. The summed E-state index contributed by atoms with van der Waals surface area (Å²) in [6.07, 6.45) is -0.462. The summed E-state index contributed by atoms with van der Waals surface area (Å²) in [5.41, 5.74) is 6.83. The first-order chi connectivity index (χ1) is 20.2. The van der Waals surface area contributed by atoms with E-state index in [1.165, 1.54) is 49.1 Å². The fraction of sp³-hybridized carbons (Fsp3) is 0.207. The van der Waals surface area contributed by atoms with Gasteiger partial charge in [-0.05, 0) is 42.5 Å². The number of benzene rings is 3. The van der Waals surface area contributed by atoms with Gasteiger partial charge in [0.15, 0.2) is 17.8 Å². The average Bonchev–Trinajstić information content (AvgIpc) is 3.37. The van der Waals surface area contributed by atoms with Crippen molar-refractivity contribution in [3.63, 3.8) is 0 Å². The first-order valence-electron chi connectivity index (χ1n) is 12.6. The van der Waals surface area contributed by atoms with Crippen LogP contribution in [0.15, 0.2) is 60.7 Å². The van der Waals surface area contributed by atoms with Crippen molar-refractivity contribution >= 4 is 40.7 Å². The van der Waals surface area contributed by atoms with Crippen molar-refractivity contribution < 1.29 is 27.8 Å². The van der Waals surface area contributed by atoms with Gasteiger partial charge in [-0.2, -0.15) is 0 Å². The van der Waals surface area contributed by atoms with Crippen LogP contribution < -0.4 is 16.4 Å². The zero-order chi connectivity index (χ0) is 30.4. The smallest absolute Gasteiger partial charge is 0.269 e. The molecule has 2 amide bonds. The number of imidazole rings is 1. The van der Waals surface area contributed by atoms with Crippen molar-refractivity contribution in [1.29, 1.82) is 0 Å². The second-order valence-corrected chi connectivity index (χ2v) is 9.78. The molecule has 3 aromatic carbocycles. The van der Waals surface area contributed by atoms with E-state index in [9.17, 15) is 14.0 Å². The molecule has 0 fully saturated rings. The quantitative estimate of drug-likeness (QED) is 0.182. The van der Waals surface area contributed by atoms with Crippen LogP contribution in [0.3, 0.4) is 0 Å². The van der Waals surface area contributed by atoms with Gasteiger partial charge in [0.25, 0.3) is 5.91 Å². The molecular weight excluding hydrogens is 591 g/mol. The summed E-state index contributed by atoms with van der Waals surface area (Å²) in [5, 5.41) is 5.53. The Hall–Kier alpha value is -4.03. The molecule has 0 atom stereocenters. The fourth-order valence-electron chi connectivity index (χ4n) is 4.27. The lowest BCUT2D eigenvalue weighted by atomic mass is 10.1. The van der Waals surface area contributed by atoms with E-state index < -0.39 is 23.8 Å². The van der Waals surface area contributed by atoms with Crippen molar-refractivity contribution in [2.24, 2.45) is 5.73 Å². The van der Waals surface area contributed by atoms with Crippen LogP contribution >= 0.6 is 23.2 Å². The molecule has 0 aliphatic rings. The molecule has 0 spiro atoms. The maximum atomic E-state index is 15.5. The van der Waals surface area contributed by atoms with E-state index in [4.69, 9.17) is 38.4 Å². The van der Waals surface area contributed by atoms with Crippen LogP contribution in [0.1, 0.15) is 16.9 Å². The Labute approximate surface area is 250 Å². The number of nitrogens with zero attached hydrogens (tertiary/aromatic N) is 2. The standard InChI is InChI=1S/C29H27Cl2F2N5O4/c1-41-24(42-2)15-36-23(39)12-13-35-21-8-4-3-6-17(21)29-37-26(28(34)40)27(16-10-11-20(32)19(31)14-16)38(29)22-9-5-7-18(30)25(22)33/h3-11,14,24,35H,12-13,15H2,1-2H3,(H2,34,40)(H,36,39). The Morgan fingerprint density at radius 1 is 1.02 bits per heavy atom. The van der Waals surface area contributed by atoms with Gasteiger partial charge in [-0.1, -0.05) is 41.4 Å². The highest BCUT2D eigenvalue weighted by Crippen LogP contribution is 2.38. The molecule has 0 saturated heterocycles. The number of halogens is 4. The highest BCUT2D eigenvalue weighted by atomic mass is 35.5. The number of carbonyl (C=O) groups is 2. The minimum atomic E-state index is -0.902. The Bertz CT molecular complexity index is 1610. The molecule has 42 heavy (non-hydrogen) atoms. The number of rotatable bonds is 12. The normalized spacial score (nSPS) is 11.1. The van der Waals surface area contributed by atoms with Gasteiger partial charge in [0.2, 0.25) is 5.91 Å². The molecule has 1 aromatic heterocycles. The molecule has 0 saturated carbocycles. The van der Waals surface area contributed by atoms with E-state index in [0.29, 0.717) is 11.3 Å². The number of nitrogens with two attached hydrogens (primary N) is 1. The number of amides is 2. The van der Waals surface area contributed by atoms with Crippen LogP contribution in [0.4, 0.5) is 14.5 Å². The van der Waals surface area contributed by atoms with Gasteiger partial charge < -0.3 is 25.8 Å². The van der Waals surface area contributed by atoms with E-state index >= 15 is 4.39 Å². The monoisotopic (exact) mass is 617 g/mol. The molecule has 13 heteroatoms. The lowest BCUT2D eigenvalue weighted by Crippen LogP contribution is -2.34. The number of methoxy groups -OCH3 is 2. The number of para-hydroxylation sites is 1. The van der Waals surface area contributed by atoms with Gasteiger partial charge in [-0.15, -0.1) is 0 Å². The summed E-state index contributed by atoms with van der Waals surface area (Å²) >= 11 is 12.2. The van der Waals surface area contributed by atoms with Crippen molar-refractivity contribution in [3.05, 3.63) is 88.0 Å². The van der Waals surface area contributed by atoms with E-state index in [2.05, 4.69) is 15.6 Å². The van der Waals surface area contributed by atoms with Crippen LogP contribution in [0.25, 0.3) is 28.3 Å². The van der Waals surface area contributed by atoms with Gasteiger partial charge in [-0.3, -0.25) is 14.2 Å². The van der Waals surface area contributed by atoms with Crippen molar-refractivity contribution in [2.45, 2.75) is 12.7 Å². The van der Waals surface area contributed by atoms with Gasteiger partial charge in [-0.25, -0.2) is 13.8 Å². The zero-order valence-electron chi connectivity index (χ0n) is 22.6. The van der Waals surface area contributed by atoms with E-state index in [-0.39, 0.29) is 63.9 Å². The number of hydrogen-bond donors (Lipinski definition) is 3. The largest absolute Gasteiger partial charge is 0.384 e. The lowest BCUT2D eigenvalue weighted by molar-refractivity contribution is -0.127. The molecule has 220 valence electrons. The van der Waals surface area contributed by atoms with E-state index in [1.54, 1.807) is 24.3 Å². The molecule has 4 aromatic rings. The Balaban J connectivity index is 1.80. The molecule has 4 rings (SSSR count). The lowest BCUT2D eigenvalue weighted by Gasteiger charge is -2.17. The highest BCUT2D eigenvalue weighted by molar-refractivity contribution is 6.31. The highest BCUT2D eigenvalue weighted by Gasteiger charge is 2.27. The minimum absolute atomic E-state index is 0.0343. The summed E-state index contributed by atoms with van der Waals surface area (Å²) < 4.78 is 41.1. The van der Waals surface area contributed by atoms with Crippen molar-refractivity contribution in [3.8, 4) is 28.3 Å². The number of nitrogens with one attached hydrogen (secondary N) is 2. The SMILES string of the molecule is COC(CNC(=O)CCNc1ccccc1-c1nc(C(N)=O)c(-c2ccc(F)c(Cl)c2)n1-c1cccc(Cl)c1F)OC. The fourth-order valence-corrected chi connectivity index (χ4v) is 4.62. The first kappa shape index (κ1) is 30.9. The number of carbonyl (C=O) groups excluding carboxylic acids is 2. The summed E-state index contributed by atoms with van der Waals surface area (Å²) in [6, 6.07) is 15.1. The third kappa shape index (κ3) is 6.71. The number of hydrogen-bond acceptors (Lipinski definition) is 6. The molecule has 0 aliphatic heterocycles. The molecule has 0 bridgehead atoms. The molecular formula is C29H27Cl2F2N5O4. The van der Waals surface area contributed by atoms with Gasteiger partial charge in [0.1, 0.15) is 11.6 Å². The predicted octanol–water partition coefficient (Wildman–Crippen LogP) is 5.43. The van der Waals surface area contributed by atoms with Crippen LogP contribution in [0, 0.1) is 11.6 Å². The number of ether oxygens (including phenoxy) is 2. The minimum Gasteiger partial charge on any atom is -0.384 e. The maximum absolute atomic E-state index is 15.5. The Morgan fingerprint density at radius 3 is 2.45 bits per heavy atom. The Kier molecular flexibility index (Phi) is 10.1. The van der Waals surface area contributed by atoms with Crippen LogP contribution in [-0.4, -0.2) is 55.0 Å². The number of anilines is 1. The molecule has 0 unspecified atom stereocenters. The van der Waals surface area contributed by atoms with Crippen molar-refractivity contribution in [1.82, 2.24) is 14.9 Å². The predicted molar refractivity (Wildman–Crippen MR) is 157 cm³/mol. The summed E-state index contributed by atoms with van der Waals surface area (Å²) in [6.45, 7) is 0.403. The zero-order valence-corrected chi connectivity index (χ0v) is 24.1. The Morgan fingerprint density at radius 2 is 1.76 bits per heavy atom. The molecule has 0 radical (unpaired) electrons. The summed E-state index contributed by atoms with van der Waals surface area (Å²) in [5.74, 6) is -2.47. The molecule has 0 aliphatic carbocycles. The van der Waals surface area contributed by atoms with Crippen LogP contribution in [-0.2, 0) is 14.3 Å². The van der Waals surface area contributed by atoms with E-state index in [0.717, 1.165) is 6.07 Å². The third-order valence-corrected chi connectivity index (χ3v) is 6.88. The molecule has 9 nitrogen and oxygen atoms in total. The topological polar surface area (TPSA) is 121 Å². The average molecular weight is 618 g/mol. The first-order valence-corrected chi connectivity index (χ1v) is 13.4. The van der Waals surface area contributed by atoms with E-state index in [1.807, 2.05) is 0 Å². The van der Waals surface area contributed by atoms with Crippen LogP contribution in [0.5, 0.6) is 0 Å². The second-order valence-electron chi connectivity index (χ2n) is 8.96. The van der Waals surface area contributed by atoms with Gasteiger partial charge in [0.05, 0.1) is 28.0 Å². The number of primary amides is 1. The summed E-state index contributed by atoms with van der Waals surface area (Å²) in [4.78, 5) is 29.5. The third-order valence-electron chi connectivity index (χ3n) is 6.30. The molecule has 1 heterocycles. The molecule has 4 N–H and O–H groups in total. The number of aromatic nitrogens is 2. The van der Waals surface area contributed by atoms with Gasteiger partial charge >= 0.3 is 0 Å². The van der Waals surface area contributed by atoms with Gasteiger partial charge in [0, 0.05) is 44.0 Å².